The van der Waals surface area contributed by atoms with Crippen LogP contribution in [0.4, 0.5) is 0 Å². The molecule has 3 nitrogen and oxygen atoms in total. The molecule has 0 bridgehead atoms. The van der Waals surface area contributed by atoms with Gasteiger partial charge in [0.2, 0.25) is 0 Å². The average molecular weight is 421 g/mol. The number of rotatable bonds is 5. The monoisotopic (exact) mass is 420 g/mol. The molecular weight excluding hydrogens is 372 g/mol. The molecule has 0 aromatic heterocycles. The summed E-state index contributed by atoms with van der Waals surface area (Å²) in [6, 6.07) is 0. The van der Waals surface area contributed by atoms with Crippen molar-refractivity contribution in [2.45, 2.75) is 117 Å². The summed E-state index contributed by atoms with van der Waals surface area (Å²) in [7, 11) is 0. The molecular formula is C27H48O3. The zero-order valence-corrected chi connectivity index (χ0v) is 20.2. The molecule has 4 aliphatic rings. The van der Waals surface area contributed by atoms with E-state index in [9.17, 15) is 15.3 Å². The summed E-state index contributed by atoms with van der Waals surface area (Å²) < 4.78 is 0. The Kier molecular flexibility index (Phi) is 6.41. The van der Waals surface area contributed by atoms with Crippen LogP contribution in [0.5, 0.6) is 0 Å². The van der Waals surface area contributed by atoms with E-state index in [2.05, 4.69) is 34.6 Å². The maximum atomic E-state index is 11.4. The molecule has 174 valence electrons. The quantitative estimate of drug-likeness (QED) is 0.557. The van der Waals surface area contributed by atoms with Crippen LogP contribution in [-0.2, 0) is 0 Å². The van der Waals surface area contributed by atoms with Crippen LogP contribution in [0.3, 0.4) is 0 Å². The zero-order valence-electron chi connectivity index (χ0n) is 20.2. The summed E-state index contributed by atoms with van der Waals surface area (Å²) in [6.07, 6.45) is 9.94. The smallest absolute Gasteiger partial charge is 0.0836 e. The van der Waals surface area contributed by atoms with Crippen molar-refractivity contribution in [3.8, 4) is 0 Å². The Morgan fingerprint density at radius 2 is 1.43 bits per heavy atom. The second kappa shape index (κ2) is 8.34. The first-order valence-electron chi connectivity index (χ1n) is 13.1. The van der Waals surface area contributed by atoms with Crippen LogP contribution < -0.4 is 0 Å². The largest absolute Gasteiger partial charge is 0.393 e. The first kappa shape index (κ1) is 23.1. The van der Waals surface area contributed by atoms with E-state index in [-0.39, 0.29) is 23.4 Å². The Balaban J connectivity index is 1.54. The molecule has 0 aromatic carbocycles. The lowest BCUT2D eigenvalue weighted by Gasteiger charge is -2.63. The molecule has 0 spiro atoms. The molecule has 0 heterocycles. The van der Waals surface area contributed by atoms with Crippen molar-refractivity contribution >= 4 is 0 Å². The number of hydrogen-bond acceptors (Lipinski definition) is 3. The maximum absolute atomic E-state index is 11.4. The third-order valence-corrected chi connectivity index (χ3v) is 10.9. The Morgan fingerprint density at radius 3 is 2.13 bits per heavy atom. The molecule has 0 aromatic rings. The second-order valence-electron chi connectivity index (χ2n) is 12.8. The van der Waals surface area contributed by atoms with Gasteiger partial charge in [0.05, 0.1) is 18.3 Å². The molecule has 0 unspecified atom stereocenters. The fourth-order valence-corrected chi connectivity index (χ4v) is 9.26. The van der Waals surface area contributed by atoms with E-state index in [1.165, 1.54) is 44.9 Å². The molecule has 0 saturated heterocycles. The zero-order chi connectivity index (χ0) is 21.8. The molecule has 3 N–H and O–H groups in total. The maximum Gasteiger partial charge on any atom is 0.0836 e. The SMILES string of the molecule is CC(C)CCC[C@@H](C)[C@H]1CC[C@H]2[C@@H]3[C@@H](O)[C@H](O)[C@H]4C[C@@H](O)CC[C@]4(C)[C@H]3CC[C@]12C. The van der Waals surface area contributed by atoms with Gasteiger partial charge in [-0.1, -0.05) is 53.9 Å². The molecule has 4 saturated carbocycles. The van der Waals surface area contributed by atoms with Crippen LogP contribution in [0.25, 0.3) is 0 Å². The average Bonchev–Trinajstić information content (AvgIpc) is 3.04. The van der Waals surface area contributed by atoms with E-state index in [4.69, 9.17) is 0 Å². The minimum Gasteiger partial charge on any atom is -0.393 e. The standard InChI is InChI=1S/C27H48O3/c1-16(2)7-6-8-17(3)19-9-10-20-23-21(12-14-26(19,20)4)27(5)13-11-18(28)15-22(27)24(29)25(23)30/h16-25,28-30H,6-15H2,1-5H3/t17-,18+,19-,20+,21+,22-,23+,24-,25-,26-,27-/m1/s1. The minimum atomic E-state index is -0.670. The van der Waals surface area contributed by atoms with Gasteiger partial charge in [-0.2, -0.15) is 0 Å². The first-order chi connectivity index (χ1) is 14.1. The van der Waals surface area contributed by atoms with Crippen LogP contribution >= 0.6 is 0 Å². The van der Waals surface area contributed by atoms with Crippen molar-refractivity contribution < 1.29 is 15.3 Å². The van der Waals surface area contributed by atoms with E-state index in [0.717, 1.165) is 30.6 Å². The molecule has 4 fully saturated rings. The summed E-state index contributed by atoms with van der Waals surface area (Å²) in [5.41, 5.74) is 0.390. The molecule has 11 atom stereocenters. The van der Waals surface area contributed by atoms with Gasteiger partial charge in [0.25, 0.3) is 0 Å². The number of aliphatic hydroxyl groups is 3. The van der Waals surface area contributed by atoms with Gasteiger partial charge in [0, 0.05) is 0 Å². The van der Waals surface area contributed by atoms with Gasteiger partial charge < -0.3 is 15.3 Å². The van der Waals surface area contributed by atoms with E-state index in [1.807, 2.05) is 0 Å². The molecule has 30 heavy (non-hydrogen) atoms. The molecule has 4 rings (SSSR count). The van der Waals surface area contributed by atoms with Crippen molar-refractivity contribution in [3.05, 3.63) is 0 Å². The predicted molar refractivity (Wildman–Crippen MR) is 122 cm³/mol. The summed E-state index contributed by atoms with van der Waals surface area (Å²) >= 11 is 0. The summed E-state index contributed by atoms with van der Waals surface area (Å²) in [5.74, 6) is 3.65. The third-order valence-electron chi connectivity index (χ3n) is 10.9. The van der Waals surface area contributed by atoms with Crippen LogP contribution in [-0.4, -0.2) is 33.6 Å². The lowest BCUT2D eigenvalue weighted by molar-refractivity contribution is -0.223. The van der Waals surface area contributed by atoms with Gasteiger partial charge >= 0.3 is 0 Å². The number of hydrogen-bond donors (Lipinski definition) is 3. The lowest BCUT2D eigenvalue weighted by atomic mass is 9.43. The van der Waals surface area contributed by atoms with Crippen molar-refractivity contribution in [3.63, 3.8) is 0 Å². The van der Waals surface area contributed by atoms with Gasteiger partial charge in [0.15, 0.2) is 0 Å². The van der Waals surface area contributed by atoms with Crippen molar-refractivity contribution in [2.75, 3.05) is 0 Å². The van der Waals surface area contributed by atoms with Gasteiger partial charge in [-0.25, -0.2) is 0 Å². The lowest BCUT2D eigenvalue weighted by Crippen LogP contribution is -2.64. The van der Waals surface area contributed by atoms with Gasteiger partial charge in [0.1, 0.15) is 0 Å². The van der Waals surface area contributed by atoms with E-state index < -0.39 is 12.2 Å². The number of aliphatic hydroxyl groups excluding tert-OH is 3. The highest BCUT2D eigenvalue weighted by molar-refractivity contribution is 5.14. The number of fused-ring (bicyclic) bond motifs is 5. The van der Waals surface area contributed by atoms with Crippen molar-refractivity contribution in [1.82, 2.24) is 0 Å². The van der Waals surface area contributed by atoms with Crippen LogP contribution in [0.15, 0.2) is 0 Å². The Bertz CT molecular complexity index is 605. The van der Waals surface area contributed by atoms with Gasteiger partial charge in [-0.05, 0) is 97.2 Å². The normalized spacial score (nSPS) is 51.9. The fourth-order valence-electron chi connectivity index (χ4n) is 9.26. The summed E-state index contributed by atoms with van der Waals surface area (Å²) in [6.45, 7) is 12.0. The van der Waals surface area contributed by atoms with Gasteiger partial charge in [-0.3, -0.25) is 0 Å². The minimum absolute atomic E-state index is 0.0500. The summed E-state index contributed by atoms with van der Waals surface area (Å²) in [4.78, 5) is 0. The highest BCUT2D eigenvalue weighted by atomic mass is 16.3. The van der Waals surface area contributed by atoms with E-state index in [1.54, 1.807) is 0 Å². The predicted octanol–water partition coefficient (Wildman–Crippen LogP) is 5.41. The second-order valence-corrected chi connectivity index (χ2v) is 12.8. The van der Waals surface area contributed by atoms with Crippen molar-refractivity contribution in [2.24, 2.45) is 52.3 Å². The van der Waals surface area contributed by atoms with E-state index >= 15 is 0 Å². The molecule has 0 aliphatic heterocycles. The van der Waals surface area contributed by atoms with Gasteiger partial charge in [-0.15, -0.1) is 0 Å². The first-order valence-corrected chi connectivity index (χ1v) is 13.1. The Morgan fingerprint density at radius 1 is 0.767 bits per heavy atom. The highest BCUT2D eigenvalue weighted by Gasteiger charge is 2.65. The molecule has 3 heteroatoms. The summed E-state index contributed by atoms with van der Waals surface area (Å²) in [5, 5.41) is 32.8. The third kappa shape index (κ3) is 3.59. The fraction of sp³-hybridized carbons (Fsp3) is 1.00. The molecule has 0 radical (unpaired) electrons. The van der Waals surface area contributed by atoms with E-state index in [0.29, 0.717) is 23.7 Å². The molecule has 4 aliphatic carbocycles. The topological polar surface area (TPSA) is 60.7 Å². The molecule has 0 amide bonds. The highest BCUT2D eigenvalue weighted by Crippen LogP contribution is 2.68. The Labute approximate surface area is 185 Å². The van der Waals surface area contributed by atoms with Crippen LogP contribution in [0.2, 0.25) is 0 Å². The van der Waals surface area contributed by atoms with Crippen molar-refractivity contribution in [1.29, 1.82) is 0 Å². The Hall–Kier alpha value is -0.120. The van der Waals surface area contributed by atoms with Crippen LogP contribution in [0, 0.1) is 52.3 Å². The van der Waals surface area contributed by atoms with Crippen LogP contribution in [0.1, 0.15) is 98.8 Å².